The van der Waals surface area contributed by atoms with E-state index in [4.69, 9.17) is 28.7 Å². The minimum absolute atomic E-state index is 0.0329. The van der Waals surface area contributed by atoms with E-state index in [1.54, 1.807) is 44.2 Å². The summed E-state index contributed by atoms with van der Waals surface area (Å²) >= 11 is 0. The van der Waals surface area contributed by atoms with Crippen molar-refractivity contribution in [2.75, 3.05) is 27.4 Å². The van der Waals surface area contributed by atoms with Gasteiger partial charge in [0, 0.05) is 29.3 Å². The molecule has 1 unspecified atom stereocenters. The van der Waals surface area contributed by atoms with Gasteiger partial charge >= 0.3 is 12.1 Å². The van der Waals surface area contributed by atoms with Crippen LogP contribution in [0.3, 0.4) is 0 Å². The number of benzene rings is 4. The molecule has 0 N–H and O–H groups in total. The molecule has 0 bridgehead atoms. The second-order valence-electron chi connectivity index (χ2n) is 17.2. The van der Waals surface area contributed by atoms with Gasteiger partial charge in [0.05, 0.1) is 38.9 Å². The molecule has 0 fully saturated rings. The molecule has 0 saturated carbocycles. The molecule has 1 heterocycles. The maximum Gasteiger partial charge on any atom is 0.513 e. The first-order valence-corrected chi connectivity index (χ1v) is 20.5. The molecule has 1 aromatic heterocycles. The predicted molar refractivity (Wildman–Crippen MR) is 232 cm³/mol. The van der Waals surface area contributed by atoms with E-state index in [1.807, 2.05) is 42.6 Å². The van der Waals surface area contributed by atoms with E-state index in [2.05, 4.69) is 84.9 Å². The second kappa shape index (κ2) is 18.0. The van der Waals surface area contributed by atoms with Crippen molar-refractivity contribution in [3.05, 3.63) is 137 Å². The zero-order chi connectivity index (χ0) is 42.5. The molecule has 310 valence electrons. The maximum absolute atomic E-state index is 14.4. The van der Waals surface area contributed by atoms with Gasteiger partial charge in [-0.1, -0.05) is 128 Å². The predicted octanol–water partition coefficient (Wildman–Crippen LogP) is 11.7. The lowest BCUT2D eigenvalue weighted by atomic mass is 9.83. The van der Waals surface area contributed by atoms with Crippen molar-refractivity contribution in [1.82, 2.24) is 9.55 Å². The van der Waals surface area contributed by atoms with E-state index in [0.29, 0.717) is 29.2 Å². The number of carbonyl (C=O) groups is 2. The topological polar surface area (TPSA) is 98.1 Å². The number of unbranched alkanes of at least 4 members (excludes halogenated alkanes) is 2. The van der Waals surface area contributed by atoms with Crippen molar-refractivity contribution in [2.45, 2.75) is 97.4 Å². The van der Waals surface area contributed by atoms with Crippen molar-refractivity contribution in [3.8, 4) is 33.9 Å². The molecule has 4 aromatic carbocycles. The van der Waals surface area contributed by atoms with Gasteiger partial charge in [-0.3, -0.25) is 0 Å². The maximum atomic E-state index is 14.4. The van der Waals surface area contributed by atoms with Gasteiger partial charge in [0.15, 0.2) is 0 Å². The summed E-state index contributed by atoms with van der Waals surface area (Å²) < 4.78 is 31.1. The number of fused-ring (bicyclic) bond motifs is 3. The molecule has 0 amide bonds. The highest BCUT2D eigenvalue weighted by Crippen LogP contribution is 2.48. The summed E-state index contributed by atoms with van der Waals surface area (Å²) in [5.41, 5.74) is 9.01. The van der Waals surface area contributed by atoms with Crippen LogP contribution in [0, 0.1) is 0 Å². The Balaban J connectivity index is 1.39. The van der Waals surface area contributed by atoms with Gasteiger partial charge in [-0.2, -0.15) is 0 Å². The van der Waals surface area contributed by atoms with Crippen LogP contribution in [0.2, 0.25) is 0 Å². The highest BCUT2D eigenvalue weighted by molar-refractivity contribution is 5.91. The summed E-state index contributed by atoms with van der Waals surface area (Å²) in [6.07, 6.45) is 5.13. The third-order valence-electron chi connectivity index (χ3n) is 11.0. The Morgan fingerprint density at radius 1 is 0.780 bits per heavy atom. The lowest BCUT2D eigenvalue weighted by Crippen LogP contribution is -2.24. The Kier molecular flexibility index (Phi) is 13.0. The fourth-order valence-corrected chi connectivity index (χ4v) is 7.62. The molecular weight excluding hydrogens is 741 g/mol. The molecule has 59 heavy (non-hydrogen) atoms. The van der Waals surface area contributed by atoms with Gasteiger partial charge in [0.1, 0.15) is 29.4 Å². The molecule has 1 aliphatic rings. The van der Waals surface area contributed by atoms with Gasteiger partial charge in [0.2, 0.25) is 0 Å². The van der Waals surface area contributed by atoms with Crippen molar-refractivity contribution in [3.63, 3.8) is 0 Å². The summed E-state index contributed by atoms with van der Waals surface area (Å²) in [6, 6.07) is 27.5. The number of rotatable bonds is 14. The van der Waals surface area contributed by atoms with Crippen LogP contribution in [-0.2, 0) is 29.8 Å². The molecule has 6 rings (SSSR count). The quantitative estimate of drug-likeness (QED) is 0.0474. The average Bonchev–Trinajstić information content (AvgIpc) is 3.82. The van der Waals surface area contributed by atoms with E-state index in [9.17, 15) is 9.59 Å². The Bertz CT molecular complexity index is 2250. The Morgan fingerprint density at radius 3 is 2.00 bits per heavy atom. The lowest BCUT2D eigenvalue weighted by molar-refractivity contribution is -0.139. The number of ether oxygens (including phenoxy) is 5. The van der Waals surface area contributed by atoms with Crippen molar-refractivity contribution in [1.29, 1.82) is 0 Å². The number of aromatic nitrogens is 2. The number of hydrogen-bond acceptors (Lipinski definition) is 8. The molecule has 1 atom stereocenters. The second-order valence-corrected chi connectivity index (χ2v) is 17.2. The van der Waals surface area contributed by atoms with Crippen LogP contribution in [0.5, 0.6) is 11.5 Å². The summed E-state index contributed by atoms with van der Waals surface area (Å²) in [5, 5.41) is 0. The van der Waals surface area contributed by atoms with Crippen LogP contribution in [0.4, 0.5) is 4.79 Å². The van der Waals surface area contributed by atoms with Gasteiger partial charge in [-0.25, -0.2) is 14.6 Å². The molecular formula is C50H58N2O7. The fourth-order valence-electron chi connectivity index (χ4n) is 7.62. The molecule has 0 spiro atoms. The SMILES string of the molecule is CCCCCOC(=O)C(=C(C)OC(=O)OCC1c2cc(C(C)(C)C)ccc2-c2ccc(C(C)(C)C)cc21)C(c1ccc(OC)cc1OC)n1cnc(-c2ccccc2)c1. The Hall–Kier alpha value is -5.83. The molecule has 0 saturated heterocycles. The van der Waals surface area contributed by atoms with Crippen LogP contribution in [0.15, 0.2) is 109 Å². The van der Waals surface area contributed by atoms with E-state index >= 15 is 0 Å². The van der Waals surface area contributed by atoms with Crippen molar-refractivity contribution < 1.29 is 33.3 Å². The number of carbonyl (C=O) groups excluding carboxylic acids is 2. The molecule has 1 aliphatic carbocycles. The zero-order valence-corrected chi connectivity index (χ0v) is 36.2. The third kappa shape index (κ3) is 9.56. The molecule has 5 aromatic rings. The monoisotopic (exact) mass is 798 g/mol. The smallest absolute Gasteiger partial charge is 0.497 e. The van der Waals surface area contributed by atoms with E-state index in [1.165, 1.54) is 11.1 Å². The number of esters is 1. The van der Waals surface area contributed by atoms with Crippen LogP contribution in [0.25, 0.3) is 22.4 Å². The third-order valence-corrected chi connectivity index (χ3v) is 11.0. The Morgan fingerprint density at radius 2 is 1.42 bits per heavy atom. The van der Waals surface area contributed by atoms with E-state index in [-0.39, 0.29) is 41.3 Å². The number of methoxy groups -OCH3 is 2. The fraction of sp³-hybridized carbons (Fsp3) is 0.380. The first kappa shape index (κ1) is 42.8. The Labute approximate surface area is 349 Å². The highest BCUT2D eigenvalue weighted by atomic mass is 16.7. The first-order valence-electron chi connectivity index (χ1n) is 20.5. The van der Waals surface area contributed by atoms with Gasteiger partial charge in [0.25, 0.3) is 0 Å². The summed E-state index contributed by atoms with van der Waals surface area (Å²) in [5.74, 6) is 0.211. The largest absolute Gasteiger partial charge is 0.513 e. The number of nitrogens with zero attached hydrogens (tertiary/aromatic N) is 2. The van der Waals surface area contributed by atoms with Gasteiger partial charge < -0.3 is 28.3 Å². The van der Waals surface area contributed by atoms with Gasteiger partial charge in [-0.05, 0) is 69.7 Å². The highest BCUT2D eigenvalue weighted by Gasteiger charge is 2.35. The van der Waals surface area contributed by atoms with Gasteiger partial charge in [-0.15, -0.1) is 0 Å². The first-order chi connectivity index (χ1) is 28.1. The van der Waals surface area contributed by atoms with E-state index < -0.39 is 18.2 Å². The van der Waals surface area contributed by atoms with Crippen molar-refractivity contribution in [2.24, 2.45) is 0 Å². The molecule has 9 heteroatoms. The summed E-state index contributed by atoms with van der Waals surface area (Å²) in [4.78, 5) is 33.0. The van der Waals surface area contributed by atoms with Crippen LogP contribution >= 0.6 is 0 Å². The van der Waals surface area contributed by atoms with Crippen LogP contribution < -0.4 is 9.47 Å². The van der Waals surface area contributed by atoms with Crippen LogP contribution in [-0.4, -0.2) is 49.1 Å². The zero-order valence-electron chi connectivity index (χ0n) is 36.2. The normalized spacial score (nSPS) is 13.5. The number of hydrogen-bond donors (Lipinski definition) is 0. The minimum Gasteiger partial charge on any atom is -0.497 e. The standard InChI is InChI=1S/C50H58N2O7/c1-11-12-16-25-57-47(53)45(46(39-24-21-36(55-9)28-44(39)56-10)52-29-43(51-31-52)33-17-14-13-15-18-33)32(2)59-48(54)58-30-42-40-26-34(49(3,4)5)19-22-37(40)38-23-20-35(27-41(38)42)50(6,7)8/h13-15,17-24,26-29,31,42,46H,11-12,16,25,30H2,1-10H3. The molecule has 0 aliphatic heterocycles. The minimum atomic E-state index is -0.927. The number of imidazole rings is 1. The van der Waals surface area contributed by atoms with E-state index in [0.717, 1.165) is 40.7 Å². The molecule has 0 radical (unpaired) electrons. The van der Waals surface area contributed by atoms with Crippen molar-refractivity contribution >= 4 is 12.1 Å². The molecule has 9 nitrogen and oxygen atoms in total. The summed E-state index contributed by atoms with van der Waals surface area (Å²) in [7, 11) is 3.13. The van der Waals surface area contributed by atoms with Crippen LogP contribution in [0.1, 0.15) is 114 Å². The summed E-state index contributed by atoms with van der Waals surface area (Å²) in [6.45, 7) is 17.1. The average molecular weight is 799 g/mol. The lowest BCUT2D eigenvalue weighted by Gasteiger charge is -2.25. The number of allylic oxidation sites excluding steroid dienone is 1.